The Balaban J connectivity index is 1.62. The molecule has 1 saturated heterocycles. The molecule has 0 radical (unpaired) electrons. The van der Waals surface area contributed by atoms with Crippen LogP contribution < -0.4 is 5.32 Å². The van der Waals surface area contributed by atoms with Gasteiger partial charge in [0.15, 0.2) is 0 Å². The highest BCUT2D eigenvalue weighted by Gasteiger charge is 2.29. The van der Waals surface area contributed by atoms with Crippen LogP contribution in [0.5, 0.6) is 0 Å². The van der Waals surface area contributed by atoms with E-state index in [0.29, 0.717) is 42.1 Å². The Labute approximate surface area is 190 Å². The number of nitrogens with one attached hydrogen (secondary N) is 1. The van der Waals surface area contributed by atoms with Crippen LogP contribution in [0.1, 0.15) is 35.8 Å². The van der Waals surface area contributed by atoms with Gasteiger partial charge in [-0.05, 0) is 61.7 Å². The molecular formula is C22H22ClFN4O3S. The minimum atomic E-state index is -3.74. The summed E-state index contributed by atoms with van der Waals surface area (Å²) in [6.45, 7) is 2.80. The summed E-state index contributed by atoms with van der Waals surface area (Å²) in [7, 11) is -3.74. The molecule has 0 atom stereocenters. The van der Waals surface area contributed by atoms with Crippen molar-refractivity contribution in [3.8, 4) is 5.69 Å². The fourth-order valence-corrected chi connectivity index (χ4v) is 5.77. The molecule has 0 bridgehead atoms. The first-order chi connectivity index (χ1) is 15.3. The van der Waals surface area contributed by atoms with E-state index in [9.17, 15) is 17.6 Å². The van der Waals surface area contributed by atoms with E-state index in [4.69, 9.17) is 11.6 Å². The van der Waals surface area contributed by atoms with Crippen LogP contribution in [0.2, 0.25) is 5.02 Å². The van der Waals surface area contributed by atoms with Gasteiger partial charge in [-0.1, -0.05) is 18.5 Å². The highest BCUT2D eigenvalue weighted by atomic mass is 35.5. The molecule has 7 nitrogen and oxygen atoms in total. The molecule has 0 spiro atoms. The maximum Gasteiger partial charge on any atom is 0.259 e. The number of aromatic nitrogens is 2. The summed E-state index contributed by atoms with van der Waals surface area (Å²) >= 11 is 6.18. The zero-order chi connectivity index (χ0) is 22.9. The molecule has 4 rings (SSSR count). The number of carbonyl (C=O) groups excluding carboxylic acids is 1. The summed E-state index contributed by atoms with van der Waals surface area (Å²) in [5.41, 5.74) is 1.94. The van der Waals surface area contributed by atoms with Crippen molar-refractivity contribution < 1.29 is 17.6 Å². The van der Waals surface area contributed by atoms with Crippen LogP contribution in [0.15, 0.2) is 53.6 Å². The number of nitrogens with zero attached hydrogens (tertiary/aromatic N) is 3. The Morgan fingerprint density at radius 2 is 1.84 bits per heavy atom. The van der Waals surface area contributed by atoms with E-state index < -0.39 is 15.9 Å². The quantitative estimate of drug-likeness (QED) is 0.576. The van der Waals surface area contributed by atoms with E-state index >= 15 is 0 Å². The lowest BCUT2D eigenvalue weighted by Gasteiger charge is -2.17. The van der Waals surface area contributed by atoms with Crippen molar-refractivity contribution in [2.24, 2.45) is 0 Å². The van der Waals surface area contributed by atoms with Crippen molar-refractivity contribution in [3.05, 3.63) is 70.8 Å². The summed E-state index contributed by atoms with van der Waals surface area (Å²) in [5.74, 6) is -0.790. The van der Waals surface area contributed by atoms with Crippen molar-refractivity contribution >= 4 is 33.2 Å². The zero-order valence-electron chi connectivity index (χ0n) is 17.4. The molecule has 32 heavy (non-hydrogen) atoms. The SMILES string of the molecule is CCc1c(C(=O)Nc2ccc(Cl)c(S(=O)(=O)N3CCCC3)c2)cnn1-c1ccc(F)cc1. The number of hydrogen-bond acceptors (Lipinski definition) is 4. The van der Waals surface area contributed by atoms with Crippen molar-refractivity contribution in [3.63, 3.8) is 0 Å². The number of rotatable bonds is 6. The van der Waals surface area contributed by atoms with Crippen LogP contribution >= 0.6 is 11.6 Å². The first-order valence-corrected chi connectivity index (χ1v) is 12.1. The molecule has 2 aromatic carbocycles. The fraction of sp³-hybridized carbons (Fsp3) is 0.273. The van der Waals surface area contributed by atoms with Crippen LogP contribution in [0, 0.1) is 5.82 Å². The van der Waals surface area contributed by atoms with Gasteiger partial charge in [-0.2, -0.15) is 9.40 Å². The van der Waals surface area contributed by atoms with Gasteiger partial charge in [-0.3, -0.25) is 4.79 Å². The predicted molar refractivity (Wildman–Crippen MR) is 120 cm³/mol. The summed E-state index contributed by atoms with van der Waals surface area (Å²) < 4.78 is 42.1. The number of halogens is 2. The zero-order valence-corrected chi connectivity index (χ0v) is 19.0. The van der Waals surface area contributed by atoms with E-state index in [1.807, 2.05) is 6.92 Å². The second kappa shape index (κ2) is 9.01. The lowest BCUT2D eigenvalue weighted by Crippen LogP contribution is -2.28. The number of amides is 1. The molecule has 0 saturated carbocycles. The molecule has 2 heterocycles. The highest BCUT2D eigenvalue weighted by molar-refractivity contribution is 7.89. The van der Waals surface area contributed by atoms with Crippen molar-refractivity contribution in [2.45, 2.75) is 31.1 Å². The van der Waals surface area contributed by atoms with E-state index in [-0.39, 0.29) is 15.7 Å². The Kier molecular flexibility index (Phi) is 6.32. The molecule has 0 unspecified atom stereocenters. The molecular weight excluding hydrogens is 455 g/mol. The normalized spacial score (nSPS) is 14.6. The van der Waals surface area contributed by atoms with E-state index in [1.165, 1.54) is 34.8 Å². The fourth-order valence-electron chi connectivity index (χ4n) is 3.75. The average Bonchev–Trinajstić information content (AvgIpc) is 3.46. The molecule has 3 aromatic rings. The van der Waals surface area contributed by atoms with Gasteiger partial charge in [0.25, 0.3) is 5.91 Å². The number of anilines is 1. The molecule has 1 fully saturated rings. The molecule has 0 aliphatic carbocycles. The van der Waals surface area contributed by atoms with Gasteiger partial charge in [0.2, 0.25) is 10.0 Å². The molecule has 1 aliphatic heterocycles. The monoisotopic (exact) mass is 476 g/mol. The van der Waals surface area contributed by atoms with Crippen LogP contribution in [-0.2, 0) is 16.4 Å². The van der Waals surface area contributed by atoms with Crippen LogP contribution in [0.4, 0.5) is 10.1 Å². The number of sulfonamides is 1. The standard InChI is InChI=1S/C22H22ClFN4O3S/c1-2-20-18(14-25-28(20)17-8-5-15(24)6-9-17)22(29)26-16-7-10-19(23)21(13-16)32(30,31)27-11-3-4-12-27/h5-10,13-14H,2-4,11-12H2,1H3,(H,26,29). The first kappa shape index (κ1) is 22.4. The van der Waals surface area contributed by atoms with Crippen LogP contribution in [0.25, 0.3) is 5.69 Å². The Morgan fingerprint density at radius 3 is 2.50 bits per heavy atom. The lowest BCUT2D eigenvalue weighted by molar-refractivity contribution is 0.102. The van der Waals surface area contributed by atoms with E-state index in [1.54, 1.807) is 22.9 Å². The maximum atomic E-state index is 13.3. The molecule has 10 heteroatoms. The van der Waals surface area contributed by atoms with Crippen LogP contribution in [0.3, 0.4) is 0 Å². The lowest BCUT2D eigenvalue weighted by atomic mass is 10.2. The average molecular weight is 477 g/mol. The van der Waals surface area contributed by atoms with Gasteiger partial charge < -0.3 is 5.32 Å². The summed E-state index contributed by atoms with van der Waals surface area (Å²) in [5, 5.41) is 7.13. The van der Waals surface area contributed by atoms with E-state index in [0.717, 1.165) is 12.8 Å². The summed E-state index contributed by atoms with van der Waals surface area (Å²) in [4.78, 5) is 12.9. The van der Waals surface area contributed by atoms with Gasteiger partial charge in [0, 0.05) is 18.8 Å². The van der Waals surface area contributed by atoms with E-state index in [2.05, 4.69) is 10.4 Å². The predicted octanol–water partition coefficient (Wildman–Crippen LogP) is 4.26. The van der Waals surface area contributed by atoms with Gasteiger partial charge >= 0.3 is 0 Å². The molecule has 1 aliphatic rings. The second-order valence-corrected chi connectivity index (χ2v) is 9.77. The van der Waals surface area contributed by atoms with Crippen molar-refractivity contribution in [2.75, 3.05) is 18.4 Å². The topological polar surface area (TPSA) is 84.3 Å². The van der Waals surface area contributed by atoms with Gasteiger partial charge in [0.05, 0.1) is 28.2 Å². The number of benzene rings is 2. The smallest absolute Gasteiger partial charge is 0.259 e. The number of carbonyl (C=O) groups is 1. The Morgan fingerprint density at radius 1 is 1.16 bits per heavy atom. The highest BCUT2D eigenvalue weighted by Crippen LogP contribution is 2.30. The molecule has 1 N–H and O–H groups in total. The first-order valence-electron chi connectivity index (χ1n) is 10.2. The second-order valence-electron chi connectivity index (χ2n) is 7.46. The molecule has 1 aromatic heterocycles. The summed E-state index contributed by atoms with van der Waals surface area (Å²) in [6.07, 6.45) is 3.57. The van der Waals surface area contributed by atoms with Crippen molar-refractivity contribution in [1.29, 1.82) is 0 Å². The Hall–Kier alpha value is -2.75. The third kappa shape index (κ3) is 4.28. The van der Waals surface area contributed by atoms with Gasteiger partial charge in [-0.15, -0.1) is 0 Å². The van der Waals surface area contributed by atoms with Crippen molar-refractivity contribution in [1.82, 2.24) is 14.1 Å². The summed E-state index contributed by atoms with van der Waals surface area (Å²) in [6, 6.07) is 10.2. The van der Waals surface area contributed by atoms with Gasteiger partial charge in [-0.25, -0.2) is 17.5 Å². The Bertz CT molecular complexity index is 1250. The largest absolute Gasteiger partial charge is 0.322 e. The maximum absolute atomic E-state index is 13.3. The molecule has 1 amide bonds. The minimum Gasteiger partial charge on any atom is -0.322 e. The van der Waals surface area contributed by atoms with Gasteiger partial charge in [0.1, 0.15) is 10.7 Å². The molecule has 168 valence electrons. The number of hydrogen-bond donors (Lipinski definition) is 1. The third-order valence-electron chi connectivity index (χ3n) is 5.39. The van der Waals surface area contributed by atoms with Crippen LogP contribution in [-0.4, -0.2) is 41.5 Å². The third-order valence-corrected chi connectivity index (χ3v) is 7.77. The minimum absolute atomic E-state index is 0.0309.